The highest BCUT2D eigenvalue weighted by Crippen LogP contribution is 2.20. The van der Waals surface area contributed by atoms with Gasteiger partial charge in [0, 0.05) is 4.47 Å². The molecule has 0 saturated heterocycles. The molecule has 5 heteroatoms. The van der Waals surface area contributed by atoms with Crippen LogP contribution in [0.2, 0.25) is 0 Å². The molecule has 1 aromatic rings. The van der Waals surface area contributed by atoms with Crippen LogP contribution in [-0.4, -0.2) is 25.0 Å². The summed E-state index contributed by atoms with van der Waals surface area (Å²) in [6.07, 6.45) is 0. The van der Waals surface area contributed by atoms with Gasteiger partial charge in [-0.15, -0.1) is 0 Å². The first-order valence-electron chi connectivity index (χ1n) is 5.11. The van der Waals surface area contributed by atoms with Crippen LogP contribution >= 0.6 is 15.9 Å². The third kappa shape index (κ3) is 3.30. The van der Waals surface area contributed by atoms with Gasteiger partial charge in [-0.25, -0.2) is 4.79 Å². The Morgan fingerprint density at radius 1 is 1.41 bits per heavy atom. The van der Waals surface area contributed by atoms with Gasteiger partial charge < -0.3 is 10.1 Å². The van der Waals surface area contributed by atoms with Gasteiger partial charge in [0.2, 0.25) is 0 Å². The van der Waals surface area contributed by atoms with E-state index in [2.05, 4.69) is 26.0 Å². The van der Waals surface area contributed by atoms with E-state index in [1.807, 2.05) is 13.0 Å². The number of esters is 1. The van der Waals surface area contributed by atoms with Gasteiger partial charge in [-0.05, 0) is 41.4 Å². The molecule has 0 aliphatic heterocycles. The second-order valence-electron chi connectivity index (χ2n) is 3.65. The fourth-order valence-corrected chi connectivity index (χ4v) is 1.78. The maximum absolute atomic E-state index is 11.9. The molecule has 0 aliphatic carbocycles. The van der Waals surface area contributed by atoms with Crippen molar-refractivity contribution in [3.8, 4) is 0 Å². The molecule has 1 rings (SSSR count). The molecule has 92 valence electrons. The van der Waals surface area contributed by atoms with E-state index in [0.717, 1.165) is 10.0 Å². The smallest absolute Gasteiger partial charge is 0.328 e. The van der Waals surface area contributed by atoms with Crippen LogP contribution in [0.4, 0.5) is 0 Å². The number of methoxy groups -OCH3 is 1. The number of hydrogen-bond donors (Lipinski definition) is 1. The molecule has 0 saturated carbocycles. The van der Waals surface area contributed by atoms with E-state index in [9.17, 15) is 9.59 Å². The molecule has 1 aromatic carbocycles. The van der Waals surface area contributed by atoms with E-state index < -0.39 is 12.0 Å². The van der Waals surface area contributed by atoms with E-state index in [0.29, 0.717) is 5.56 Å². The van der Waals surface area contributed by atoms with Gasteiger partial charge in [0.1, 0.15) is 6.04 Å². The molecule has 0 radical (unpaired) electrons. The molecule has 0 aromatic heterocycles. The van der Waals surface area contributed by atoms with E-state index in [4.69, 9.17) is 0 Å². The zero-order valence-corrected chi connectivity index (χ0v) is 11.5. The molecular weight excluding hydrogens is 286 g/mol. The minimum Gasteiger partial charge on any atom is -0.467 e. The third-order valence-corrected chi connectivity index (χ3v) is 3.39. The largest absolute Gasteiger partial charge is 0.467 e. The van der Waals surface area contributed by atoms with E-state index in [1.165, 1.54) is 7.11 Å². The molecule has 0 bridgehead atoms. The second kappa shape index (κ2) is 5.82. The summed E-state index contributed by atoms with van der Waals surface area (Å²) in [5.41, 5.74) is 1.46. The van der Waals surface area contributed by atoms with E-state index >= 15 is 0 Å². The first kappa shape index (κ1) is 13.7. The maximum Gasteiger partial charge on any atom is 0.328 e. The Balaban J connectivity index is 2.84. The highest BCUT2D eigenvalue weighted by Gasteiger charge is 2.18. The number of amides is 1. The Bertz CT molecular complexity index is 445. The standard InChI is InChI=1S/C12H14BrNO3/c1-7-5-4-6-9(10(7)13)11(15)14-8(2)12(16)17-3/h4-6,8H,1-3H3,(H,14,15). The van der Waals surface area contributed by atoms with Crippen molar-refractivity contribution in [1.29, 1.82) is 0 Å². The van der Waals surface area contributed by atoms with Crippen molar-refractivity contribution in [2.75, 3.05) is 7.11 Å². The average Bonchev–Trinajstić information content (AvgIpc) is 2.31. The highest BCUT2D eigenvalue weighted by molar-refractivity contribution is 9.10. The average molecular weight is 300 g/mol. The quantitative estimate of drug-likeness (QED) is 0.869. The monoisotopic (exact) mass is 299 g/mol. The number of hydrogen-bond acceptors (Lipinski definition) is 3. The number of halogens is 1. The minimum absolute atomic E-state index is 0.307. The van der Waals surface area contributed by atoms with Crippen LogP contribution in [0.15, 0.2) is 22.7 Å². The molecule has 0 heterocycles. The summed E-state index contributed by atoms with van der Waals surface area (Å²) < 4.78 is 5.27. The molecule has 1 amide bonds. The van der Waals surface area contributed by atoms with Gasteiger partial charge in [0.25, 0.3) is 5.91 Å². The van der Waals surface area contributed by atoms with Crippen molar-refractivity contribution in [2.45, 2.75) is 19.9 Å². The zero-order chi connectivity index (χ0) is 13.0. The normalized spacial score (nSPS) is 11.8. The van der Waals surface area contributed by atoms with E-state index in [-0.39, 0.29) is 5.91 Å². The lowest BCUT2D eigenvalue weighted by molar-refractivity contribution is -0.142. The lowest BCUT2D eigenvalue weighted by atomic mass is 10.1. The molecule has 0 spiro atoms. The summed E-state index contributed by atoms with van der Waals surface area (Å²) in [6, 6.07) is 4.71. The summed E-state index contributed by atoms with van der Waals surface area (Å²) in [7, 11) is 1.29. The first-order chi connectivity index (χ1) is 7.97. The van der Waals surface area contributed by atoms with Crippen molar-refractivity contribution < 1.29 is 14.3 Å². The Hall–Kier alpha value is -1.36. The Labute approximate surface area is 108 Å². The predicted octanol–water partition coefficient (Wildman–Crippen LogP) is 2.05. The number of nitrogens with one attached hydrogen (secondary N) is 1. The SMILES string of the molecule is COC(=O)C(C)NC(=O)c1cccc(C)c1Br. The van der Waals surface area contributed by atoms with Gasteiger partial charge in [0.15, 0.2) is 0 Å². The van der Waals surface area contributed by atoms with Gasteiger partial charge in [-0.1, -0.05) is 12.1 Å². The molecular formula is C12H14BrNO3. The number of benzene rings is 1. The van der Waals surface area contributed by atoms with Gasteiger partial charge in [0.05, 0.1) is 12.7 Å². The molecule has 4 nitrogen and oxygen atoms in total. The minimum atomic E-state index is -0.667. The Morgan fingerprint density at radius 2 is 2.06 bits per heavy atom. The Morgan fingerprint density at radius 3 is 2.65 bits per heavy atom. The van der Waals surface area contributed by atoms with Crippen molar-refractivity contribution in [2.24, 2.45) is 0 Å². The van der Waals surface area contributed by atoms with Crippen LogP contribution in [-0.2, 0) is 9.53 Å². The highest BCUT2D eigenvalue weighted by atomic mass is 79.9. The van der Waals surface area contributed by atoms with Crippen LogP contribution in [0.5, 0.6) is 0 Å². The second-order valence-corrected chi connectivity index (χ2v) is 4.45. The maximum atomic E-state index is 11.9. The van der Waals surface area contributed by atoms with Gasteiger partial charge in [-0.2, -0.15) is 0 Å². The zero-order valence-electron chi connectivity index (χ0n) is 9.91. The van der Waals surface area contributed by atoms with Gasteiger partial charge >= 0.3 is 5.97 Å². The van der Waals surface area contributed by atoms with Crippen molar-refractivity contribution >= 4 is 27.8 Å². The number of ether oxygens (including phenoxy) is 1. The van der Waals surface area contributed by atoms with Crippen molar-refractivity contribution in [3.05, 3.63) is 33.8 Å². The van der Waals surface area contributed by atoms with E-state index in [1.54, 1.807) is 19.1 Å². The van der Waals surface area contributed by atoms with Gasteiger partial charge in [-0.3, -0.25) is 4.79 Å². The predicted molar refractivity (Wildman–Crippen MR) is 67.8 cm³/mol. The van der Waals surface area contributed by atoms with Crippen LogP contribution in [0, 0.1) is 6.92 Å². The van der Waals surface area contributed by atoms with Crippen molar-refractivity contribution in [1.82, 2.24) is 5.32 Å². The molecule has 1 unspecified atom stereocenters. The number of aryl methyl sites for hydroxylation is 1. The fraction of sp³-hybridized carbons (Fsp3) is 0.333. The molecule has 0 fully saturated rings. The summed E-state index contributed by atoms with van der Waals surface area (Å²) in [5.74, 6) is -0.777. The number of carbonyl (C=O) groups excluding carboxylic acids is 2. The van der Waals surface area contributed by atoms with Crippen LogP contribution in [0.3, 0.4) is 0 Å². The van der Waals surface area contributed by atoms with Crippen LogP contribution in [0.1, 0.15) is 22.8 Å². The Kier molecular flexibility index (Phi) is 4.69. The lowest BCUT2D eigenvalue weighted by Gasteiger charge is -2.12. The fourth-order valence-electron chi connectivity index (χ4n) is 1.33. The lowest BCUT2D eigenvalue weighted by Crippen LogP contribution is -2.39. The number of carbonyl (C=O) groups is 2. The van der Waals surface area contributed by atoms with Crippen LogP contribution < -0.4 is 5.32 Å². The molecule has 1 N–H and O–H groups in total. The number of rotatable bonds is 3. The summed E-state index contributed by atoms with van der Waals surface area (Å²) in [5, 5.41) is 2.57. The molecule has 0 aliphatic rings. The third-order valence-electron chi connectivity index (χ3n) is 2.34. The summed E-state index contributed by atoms with van der Waals surface area (Å²) in [6.45, 7) is 3.47. The van der Waals surface area contributed by atoms with Crippen LogP contribution in [0.25, 0.3) is 0 Å². The van der Waals surface area contributed by atoms with Crippen molar-refractivity contribution in [3.63, 3.8) is 0 Å². The first-order valence-corrected chi connectivity index (χ1v) is 5.90. The summed E-state index contributed by atoms with van der Waals surface area (Å²) >= 11 is 3.35. The topological polar surface area (TPSA) is 55.4 Å². The summed E-state index contributed by atoms with van der Waals surface area (Å²) in [4.78, 5) is 23.1. The molecule has 1 atom stereocenters. The molecule has 17 heavy (non-hydrogen) atoms.